The van der Waals surface area contributed by atoms with Crippen LogP contribution in [0.25, 0.3) is 0 Å². The molecule has 0 aliphatic carbocycles. The molecule has 0 fully saturated rings. The zero-order chi connectivity index (χ0) is 15.1. The minimum Gasteiger partial charge on any atom is -0.463 e. The fourth-order valence-corrected chi connectivity index (χ4v) is 1.59. The Hall–Kier alpha value is -2.50. The Labute approximate surface area is 116 Å². The van der Waals surface area contributed by atoms with Crippen LogP contribution in [0.3, 0.4) is 0 Å². The Morgan fingerprint density at radius 1 is 1.15 bits per heavy atom. The van der Waals surface area contributed by atoms with Crippen LogP contribution in [0, 0.1) is 5.92 Å². The summed E-state index contributed by atoms with van der Waals surface area (Å²) >= 11 is 0. The summed E-state index contributed by atoms with van der Waals surface area (Å²) in [5, 5.41) is 2.45. The third-order valence-corrected chi connectivity index (χ3v) is 2.63. The molecule has 0 saturated heterocycles. The summed E-state index contributed by atoms with van der Waals surface area (Å²) in [5.74, 6) is -5.54. The van der Waals surface area contributed by atoms with E-state index in [0.717, 1.165) is 19.6 Å². The summed E-state index contributed by atoms with van der Waals surface area (Å²) < 4.78 is 4.24. The van der Waals surface area contributed by atoms with Crippen molar-refractivity contribution in [3.8, 4) is 0 Å². The fourth-order valence-electron chi connectivity index (χ4n) is 1.59. The van der Waals surface area contributed by atoms with Crippen LogP contribution in [0.2, 0.25) is 0 Å². The van der Waals surface area contributed by atoms with Gasteiger partial charge in [-0.15, -0.1) is 0 Å². The molecule has 106 valence electrons. The maximum absolute atomic E-state index is 11.9. The number of esters is 1. The molecule has 0 aromatic heterocycles. The predicted molar refractivity (Wildman–Crippen MR) is 69.5 cm³/mol. The standard InChI is InChI=1S/C14H15NO5/c1-9(16)11(12(17)14(19)20-2)13(18)15-8-10-6-4-3-5-7-10/h3-7,11H,8H2,1-2H3,(H,15,18)/t11-/m0/s1. The van der Waals surface area contributed by atoms with Crippen LogP contribution in [0.4, 0.5) is 0 Å². The van der Waals surface area contributed by atoms with Crippen molar-refractivity contribution in [1.29, 1.82) is 0 Å². The number of carbonyl (C=O) groups is 4. The number of ether oxygens (including phenoxy) is 1. The Kier molecular flexibility index (Phi) is 5.58. The molecule has 6 heteroatoms. The first-order valence-electron chi connectivity index (χ1n) is 5.91. The van der Waals surface area contributed by atoms with E-state index in [1.807, 2.05) is 6.07 Å². The van der Waals surface area contributed by atoms with Crippen molar-refractivity contribution < 1.29 is 23.9 Å². The molecule has 0 saturated carbocycles. The highest BCUT2D eigenvalue weighted by Crippen LogP contribution is 2.04. The van der Waals surface area contributed by atoms with Gasteiger partial charge in [-0.1, -0.05) is 30.3 Å². The van der Waals surface area contributed by atoms with Gasteiger partial charge in [-0.3, -0.25) is 14.4 Å². The Balaban J connectivity index is 2.73. The molecule has 1 N–H and O–H groups in total. The van der Waals surface area contributed by atoms with E-state index in [4.69, 9.17) is 0 Å². The zero-order valence-corrected chi connectivity index (χ0v) is 11.2. The van der Waals surface area contributed by atoms with Gasteiger partial charge in [-0.25, -0.2) is 4.79 Å². The molecule has 6 nitrogen and oxygen atoms in total. The van der Waals surface area contributed by atoms with Crippen LogP contribution in [0.5, 0.6) is 0 Å². The molecule has 1 aromatic rings. The average Bonchev–Trinajstić information content (AvgIpc) is 2.45. The van der Waals surface area contributed by atoms with Gasteiger partial charge < -0.3 is 10.1 Å². The van der Waals surface area contributed by atoms with Gasteiger partial charge in [0.15, 0.2) is 5.92 Å². The first-order valence-corrected chi connectivity index (χ1v) is 5.91. The van der Waals surface area contributed by atoms with Crippen LogP contribution < -0.4 is 5.32 Å². The van der Waals surface area contributed by atoms with Gasteiger partial charge in [-0.2, -0.15) is 0 Å². The lowest BCUT2D eigenvalue weighted by molar-refractivity contribution is -0.157. The summed E-state index contributed by atoms with van der Waals surface area (Å²) in [4.78, 5) is 46.0. The van der Waals surface area contributed by atoms with E-state index in [-0.39, 0.29) is 6.54 Å². The van der Waals surface area contributed by atoms with Gasteiger partial charge in [0.25, 0.3) is 5.78 Å². The number of methoxy groups -OCH3 is 1. The Bertz CT molecular complexity index is 524. The predicted octanol–water partition coefficient (Wildman–Crippen LogP) is 0.250. The number of ketones is 2. The first kappa shape index (κ1) is 15.6. The highest BCUT2D eigenvalue weighted by Gasteiger charge is 2.36. The molecule has 1 atom stereocenters. The van der Waals surface area contributed by atoms with Gasteiger partial charge in [0, 0.05) is 6.54 Å². The number of benzene rings is 1. The molecule has 0 aliphatic heterocycles. The minimum absolute atomic E-state index is 0.165. The maximum atomic E-state index is 11.9. The zero-order valence-electron chi connectivity index (χ0n) is 11.2. The van der Waals surface area contributed by atoms with Crippen LogP contribution in [-0.2, 0) is 30.5 Å². The number of rotatable bonds is 6. The topological polar surface area (TPSA) is 89.5 Å². The summed E-state index contributed by atoms with van der Waals surface area (Å²) in [6.07, 6.45) is 0. The highest BCUT2D eigenvalue weighted by atomic mass is 16.5. The highest BCUT2D eigenvalue weighted by molar-refractivity contribution is 6.43. The van der Waals surface area contributed by atoms with Crippen LogP contribution in [0.15, 0.2) is 30.3 Å². The van der Waals surface area contributed by atoms with Crippen molar-refractivity contribution in [2.24, 2.45) is 5.92 Å². The molecule has 1 amide bonds. The molecule has 0 radical (unpaired) electrons. The van der Waals surface area contributed by atoms with E-state index < -0.39 is 29.4 Å². The lowest BCUT2D eigenvalue weighted by Gasteiger charge is -2.11. The second kappa shape index (κ2) is 7.18. The smallest absolute Gasteiger partial charge is 0.375 e. The first-order chi connectivity index (χ1) is 9.47. The molecule has 1 aromatic carbocycles. The van der Waals surface area contributed by atoms with E-state index in [9.17, 15) is 19.2 Å². The van der Waals surface area contributed by atoms with E-state index in [1.165, 1.54) is 0 Å². The molecule has 0 unspecified atom stereocenters. The lowest BCUT2D eigenvalue weighted by atomic mass is 9.98. The van der Waals surface area contributed by atoms with Crippen molar-refractivity contribution in [3.63, 3.8) is 0 Å². The molecule has 0 aliphatic rings. The Morgan fingerprint density at radius 3 is 2.25 bits per heavy atom. The monoisotopic (exact) mass is 277 g/mol. The van der Waals surface area contributed by atoms with Crippen molar-refractivity contribution in [1.82, 2.24) is 5.32 Å². The number of hydrogen-bond donors (Lipinski definition) is 1. The van der Waals surface area contributed by atoms with Crippen molar-refractivity contribution in [2.75, 3.05) is 7.11 Å². The van der Waals surface area contributed by atoms with Crippen molar-refractivity contribution >= 4 is 23.4 Å². The van der Waals surface area contributed by atoms with Gasteiger partial charge in [-0.05, 0) is 12.5 Å². The second-order valence-electron chi connectivity index (χ2n) is 4.10. The lowest BCUT2D eigenvalue weighted by Crippen LogP contribution is -2.42. The Morgan fingerprint density at radius 2 is 1.75 bits per heavy atom. The molecule has 1 rings (SSSR count). The molecular formula is C14H15NO5. The number of nitrogens with one attached hydrogen (secondary N) is 1. The van der Waals surface area contributed by atoms with Gasteiger partial charge in [0.1, 0.15) is 5.78 Å². The summed E-state index contributed by atoms with van der Waals surface area (Å²) in [5.41, 5.74) is 0.814. The van der Waals surface area contributed by atoms with Crippen molar-refractivity contribution in [2.45, 2.75) is 13.5 Å². The van der Waals surface area contributed by atoms with Crippen LogP contribution >= 0.6 is 0 Å². The van der Waals surface area contributed by atoms with E-state index in [2.05, 4.69) is 10.1 Å². The van der Waals surface area contributed by atoms with Gasteiger partial charge in [0.05, 0.1) is 7.11 Å². The molecule has 0 bridgehead atoms. The quantitative estimate of drug-likeness (QED) is 0.457. The molecule has 0 heterocycles. The number of carbonyl (C=O) groups excluding carboxylic acids is 4. The van der Waals surface area contributed by atoms with E-state index in [0.29, 0.717) is 0 Å². The van der Waals surface area contributed by atoms with E-state index in [1.54, 1.807) is 24.3 Å². The fraction of sp³-hybridized carbons (Fsp3) is 0.286. The SMILES string of the molecule is COC(=O)C(=O)[C@H](C(C)=O)C(=O)NCc1ccccc1. The largest absolute Gasteiger partial charge is 0.463 e. The normalized spacial score (nSPS) is 11.3. The maximum Gasteiger partial charge on any atom is 0.375 e. The van der Waals surface area contributed by atoms with Gasteiger partial charge in [0.2, 0.25) is 5.91 Å². The summed E-state index contributed by atoms with van der Waals surface area (Å²) in [7, 11) is 1.01. The molecule has 20 heavy (non-hydrogen) atoms. The molecule has 0 spiro atoms. The van der Waals surface area contributed by atoms with Crippen LogP contribution in [0.1, 0.15) is 12.5 Å². The third-order valence-electron chi connectivity index (χ3n) is 2.63. The summed E-state index contributed by atoms with van der Waals surface area (Å²) in [6.45, 7) is 1.24. The number of hydrogen-bond acceptors (Lipinski definition) is 5. The van der Waals surface area contributed by atoms with Gasteiger partial charge >= 0.3 is 5.97 Å². The van der Waals surface area contributed by atoms with Crippen molar-refractivity contribution in [3.05, 3.63) is 35.9 Å². The molecular weight excluding hydrogens is 262 g/mol. The second-order valence-corrected chi connectivity index (χ2v) is 4.10. The average molecular weight is 277 g/mol. The summed E-state index contributed by atoms with van der Waals surface area (Å²) in [6, 6.07) is 8.98. The number of Topliss-reactive ketones (excluding diaryl/α,β-unsaturated/α-hetero) is 2. The number of amides is 1. The third kappa shape index (κ3) is 4.01. The minimum atomic E-state index is -1.66. The van der Waals surface area contributed by atoms with E-state index >= 15 is 0 Å². The van der Waals surface area contributed by atoms with Crippen LogP contribution in [-0.4, -0.2) is 30.6 Å².